The van der Waals surface area contributed by atoms with Crippen molar-refractivity contribution in [3.8, 4) is 11.4 Å². The van der Waals surface area contributed by atoms with Crippen molar-refractivity contribution < 1.29 is 4.42 Å². The SMILES string of the molecule is Cc1ccc(-c2n[nH]c(=S)n2N=Cc2ccc(C)o2)cc1. The molecule has 106 valence electrons. The van der Waals surface area contributed by atoms with Crippen LogP contribution in [-0.2, 0) is 0 Å². The molecule has 3 aromatic rings. The summed E-state index contributed by atoms with van der Waals surface area (Å²) in [5.74, 6) is 2.18. The molecule has 0 aliphatic carbocycles. The normalized spacial score (nSPS) is 11.3. The second kappa shape index (κ2) is 5.49. The van der Waals surface area contributed by atoms with Crippen molar-refractivity contribution in [3.05, 3.63) is 58.3 Å². The molecule has 1 aromatic carbocycles. The highest BCUT2D eigenvalue weighted by Gasteiger charge is 2.07. The van der Waals surface area contributed by atoms with E-state index in [1.54, 1.807) is 10.9 Å². The van der Waals surface area contributed by atoms with E-state index in [9.17, 15) is 0 Å². The molecule has 0 aliphatic heterocycles. The summed E-state index contributed by atoms with van der Waals surface area (Å²) in [6.07, 6.45) is 1.62. The lowest BCUT2D eigenvalue weighted by molar-refractivity contribution is 0.527. The van der Waals surface area contributed by atoms with Crippen LogP contribution in [-0.4, -0.2) is 21.1 Å². The Labute approximate surface area is 126 Å². The van der Waals surface area contributed by atoms with Gasteiger partial charge in [0, 0.05) is 5.56 Å². The third kappa shape index (κ3) is 2.85. The zero-order chi connectivity index (χ0) is 14.8. The molecule has 0 atom stereocenters. The predicted molar refractivity (Wildman–Crippen MR) is 84.0 cm³/mol. The van der Waals surface area contributed by atoms with Crippen molar-refractivity contribution in [2.75, 3.05) is 0 Å². The number of aryl methyl sites for hydroxylation is 2. The van der Waals surface area contributed by atoms with Crippen molar-refractivity contribution in [2.24, 2.45) is 5.10 Å². The third-order valence-corrected chi connectivity index (χ3v) is 3.29. The minimum Gasteiger partial charge on any atom is -0.460 e. The van der Waals surface area contributed by atoms with Crippen LogP contribution in [0.15, 0.2) is 45.9 Å². The van der Waals surface area contributed by atoms with Gasteiger partial charge in [-0.1, -0.05) is 29.8 Å². The van der Waals surface area contributed by atoms with Crippen LogP contribution in [0.5, 0.6) is 0 Å². The van der Waals surface area contributed by atoms with E-state index in [-0.39, 0.29) is 0 Å². The molecule has 21 heavy (non-hydrogen) atoms. The Kier molecular flexibility index (Phi) is 3.53. The van der Waals surface area contributed by atoms with Gasteiger partial charge >= 0.3 is 0 Å². The molecule has 0 amide bonds. The molecule has 0 unspecified atom stereocenters. The summed E-state index contributed by atoms with van der Waals surface area (Å²) in [6.45, 7) is 3.93. The molecule has 0 aliphatic rings. The highest BCUT2D eigenvalue weighted by molar-refractivity contribution is 7.71. The van der Waals surface area contributed by atoms with Gasteiger partial charge in [0.25, 0.3) is 0 Å². The van der Waals surface area contributed by atoms with E-state index < -0.39 is 0 Å². The third-order valence-electron chi connectivity index (χ3n) is 3.02. The average Bonchev–Trinajstić information content (AvgIpc) is 3.04. The van der Waals surface area contributed by atoms with Gasteiger partial charge in [0.05, 0.1) is 6.21 Å². The van der Waals surface area contributed by atoms with Gasteiger partial charge in [-0.05, 0) is 38.2 Å². The van der Waals surface area contributed by atoms with E-state index in [4.69, 9.17) is 16.6 Å². The zero-order valence-corrected chi connectivity index (χ0v) is 12.5. The minimum atomic E-state index is 0.435. The van der Waals surface area contributed by atoms with Crippen LogP contribution in [0.25, 0.3) is 11.4 Å². The lowest BCUT2D eigenvalue weighted by atomic mass is 10.1. The molecule has 0 spiro atoms. The van der Waals surface area contributed by atoms with Crippen molar-refractivity contribution in [1.82, 2.24) is 14.9 Å². The van der Waals surface area contributed by atoms with Crippen LogP contribution < -0.4 is 0 Å². The van der Waals surface area contributed by atoms with Crippen LogP contribution in [0, 0.1) is 18.6 Å². The zero-order valence-electron chi connectivity index (χ0n) is 11.7. The second-order valence-corrected chi connectivity index (χ2v) is 5.11. The number of aromatic amines is 1. The summed E-state index contributed by atoms with van der Waals surface area (Å²) in [4.78, 5) is 0. The van der Waals surface area contributed by atoms with E-state index >= 15 is 0 Å². The number of benzene rings is 1. The summed E-state index contributed by atoms with van der Waals surface area (Å²) in [6, 6.07) is 11.8. The van der Waals surface area contributed by atoms with E-state index in [2.05, 4.69) is 15.3 Å². The monoisotopic (exact) mass is 298 g/mol. The first-order valence-electron chi connectivity index (χ1n) is 6.49. The lowest BCUT2D eigenvalue weighted by Crippen LogP contribution is -1.94. The quantitative estimate of drug-likeness (QED) is 0.592. The van der Waals surface area contributed by atoms with Crippen LogP contribution in [0.3, 0.4) is 0 Å². The van der Waals surface area contributed by atoms with Gasteiger partial charge in [-0.3, -0.25) is 0 Å². The highest BCUT2D eigenvalue weighted by atomic mass is 32.1. The van der Waals surface area contributed by atoms with Gasteiger partial charge in [-0.2, -0.15) is 14.9 Å². The highest BCUT2D eigenvalue weighted by Crippen LogP contribution is 2.17. The van der Waals surface area contributed by atoms with Crippen molar-refractivity contribution in [3.63, 3.8) is 0 Å². The van der Waals surface area contributed by atoms with Gasteiger partial charge in [-0.15, -0.1) is 0 Å². The summed E-state index contributed by atoms with van der Waals surface area (Å²) in [7, 11) is 0. The van der Waals surface area contributed by atoms with Crippen molar-refractivity contribution >= 4 is 18.4 Å². The number of hydrogen-bond donors (Lipinski definition) is 1. The molecule has 3 rings (SSSR count). The fourth-order valence-corrected chi connectivity index (χ4v) is 2.10. The van der Waals surface area contributed by atoms with Gasteiger partial charge in [0.1, 0.15) is 11.5 Å². The van der Waals surface area contributed by atoms with Crippen LogP contribution >= 0.6 is 12.2 Å². The first kappa shape index (κ1) is 13.5. The molecule has 0 saturated carbocycles. The molecular weight excluding hydrogens is 284 g/mol. The minimum absolute atomic E-state index is 0.435. The maximum atomic E-state index is 5.46. The molecule has 0 fully saturated rings. The lowest BCUT2D eigenvalue weighted by Gasteiger charge is -2.01. The number of nitrogens with one attached hydrogen (secondary N) is 1. The molecular formula is C15H14N4OS. The predicted octanol–water partition coefficient (Wildman–Crippen LogP) is 3.70. The van der Waals surface area contributed by atoms with E-state index in [1.165, 1.54) is 5.56 Å². The number of hydrogen-bond acceptors (Lipinski definition) is 4. The molecule has 5 nitrogen and oxygen atoms in total. The van der Waals surface area contributed by atoms with E-state index in [0.29, 0.717) is 16.4 Å². The number of rotatable bonds is 3. The average molecular weight is 298 g/mol. The Hall–Kier alpha value is -2.47. The van der Waals surface area contributed by atoms with Gasteiger partial charge < -0.3 is 4.42 Å². The summed E-state index contributed by atoms with van der Waals surface area (Å²) in [5, 5.41) is 11.3. The summed E-state index contributed by atoms with van der Waals surface area (Å²) >= 11 is 5.22. The molecule has 2 aromatic heterocycles. The summed E-state index contributed by atoms with van der Waals surface area (Å²) < 4.78 is 7.47. The molecule has 6 heteroatoms. The molecule has 0 radical (unpaired) electrons. The van der Waals surface area contributed by atoms with E-state index in [1.807, 2.05) is 50.2 Å². The van der Waals surface area contributed by atoms with Gasteiger partial charge in [0.2, 0.25) is 4.77 Å². The Morgan fingerprint density at radius 2 is 1.95 bits per heavy atom. The van der Waals surface area contributed by atoms with Gasteiger partial charge in [0.15, 0.2) is 5.82 Å². The first-order valence-corrected chi connectivity index (χ1v) is 6.89. The van der Waals surface area contributed by atoms with Crippen LogP contribution in [0.2, 0.25) is 0 Å². The summed E-state index contributed by atoms with van der Waals surface area (Å²) in [5.41, 5.74) is 2.13. The maximum Gasteiger partial charge on any atom is 0.216 e. The van der Waals surface area contributed by atoms with Crippen molar-refractivity contribution in [2.45, 2.75) is 13.8 Å². The Morgan fingerprint density at radius 1 is 1.19 bits per heavy atom. The second-order valence-electron chi connectivity index (χ2n) is 4.72. The number of nitrogens with zero attached hydrogens (tertiary/aromatic N) is 3. The Morgan fingerprint density at radius 3 is 2.62 bits per heavy atom. The fourth-order valence-electron chi connectivity index (χ4n) is 1.93. The molecule has 0 bridgehead atoms. The molecule has 1 N–H and O–H groups in total. The Bertz CT molecular complexity index is 839. The number of H-pyrrole nitrogens is 1. The van der Waals surface area contributed by atoms with Crippen LogP contribution in [0.1, 0.15) is 17.1 Å². The molecule has 0 saturated heterocycles. The maximum absolute atomic E-state index is 5.46. The van der Waals surface area contributed by atoms with E-state index in [0.717, 1.165) is 11.3 Å². The standard InChI is InChI=1S/C15H14N4OS/c1-10-3-6-12(7-4-10)14-17-18-15(21)19(14)16-9-13-8-5-11(2)20-13/h3-9H,1-2H3,(H,18,21). The number of furan rings is 1. The largest absolute Gasteiger partial charge is 0.460 e. The topological polar surface area (TPSA) is 59.1 Å². The number of aromatic nitrogens is 3. The smallest absolute Gasteiger partial charge is 0.216 e. The molecule has 2 heterocycles. The first-order chi connectivity index (χ1) is 10.1. The van der Waals surface area contributed by atoms with Gasteiger partial charge in [-0.25, -0.2) is 5.10 Å². The van der Waals surface area contributed by atoms with Crippen LogP contribution in [0.4, 0.5) is 0 Å². The van der Waals surface area contributed by atoms with Crippen molar-refractivity contribution in [1.29, 1.82) is 0 Å². The fraction of sp³-hybridized carbons (Fsp3) is 0.133. The Balaban J connectivity index is 1.99.